The summed E-state index contributed by atoms with van der Waals surface area (Å²) in [5, 5.41) is 11.4. The van der Waals surface area contributed by atoms with E-state index in [1.807, 2.05) is 0 Å². The van der Waals surface area contributed by atoms with E-state index in [1.165, 1.54) is 18.2 Å². The number of phenolic OH excluding ortho intramolecular Hbond substituents is 1. The Kier molecular flexibility index (Phi) is 3.44. The van der Waals surface area contributed by atoms with Crippen LogP contribution in [0.2, 0.25) is 0 Å². The number of halogens is 1. The Bertz CT molecular complexity index is 409. The lowest BCUT2D eigenvalue weighted by molar-refractivity contribution is -0.111. The summed E-state index contributed by atoms with van der Waals surface area (Å²) < 4.78 is 12.9. The molecule has 3 nitrogen and oxygen atoms in total. The molecule has 2 N–H and O–H groups in total. The average molecular weight is 209 g/mol. The van der Waals surface area contributed by atoms with E-state index in [4.69, 9.17) is 5.11 Å². The molecular weight excluding hydrogens is 197 g/mol. The van der Waals surface area contributed by atoms with Crippen molar-refractivity contribution in [3.05, 3.63) is 35.7 Å². The van der Waals surface area contributed by atoms with Crippen LogP contribution in [0.4, 0.5) is 10.1 Å². The highest BCUT2D eigenvalue weighted by Gasteiger charge is 2.03. The molecule has 0 spiro atoms. The number of hydrogen-bond acceptors (Lipinski definition) is 2. The quantitative estimate of drug-likeness (QED) is 0.580. The number of carbonyl (C=O) groups is 1. The van der Waals surface area contributed by atoms with Crippen LogP contribution < -0.4 is 5.32 Å². The van der Waals surface area contributed by atoms with Gasteiger partial charge in [0.1, 0.15) is 0 Å². The Balaban J connectivity index is 2.78. The summed E-state index contributed by atoms with van der Waals surface area (Å²) in [5.41, 5.74) is 1.17. The van der Waals surface area contributed by atoms with E-state index in [1.54, 1.807) is 13.8 Å². The minimum atomic E-state index is -0.759. The van der Waals surface area contributed by atoms with E-state index >= 15 is 0 Å². The summed E-state index contributed by atoms with van der Waals surface area (Å²) in [5.74, 6) is -1.51. The van der Waals surface area contributed by atoms with E-state index in [0.717, 1.165) is 11.6 Å². The van der Waals surface area contributed by atoms with Gasteiger partial charge in [0, 0.05) is 17.8 Å². The maximum absolute atomic E-state index is 12.9. The van der Waals surface area contributed by atoms with Crippen molar-refractivity contribution in [2.45, 2.75) is 13.8 Å². The predicted octanol–water partition coefficient (Wildman–Crippen LogP) is 2.44. The normalized spacial score (nSPS) is 9.53. The zero-order valence-corrected chi connectivity index (χ0v) is 8.54. The van der Waals surface area contributed by atoms with E-state index in [-0.39, 0.29) is 5.91 Å². The Hall–Kier alpha value is -1.84. The van der Waals surface area contributed by atoms with Crippen LogP contribution in [0.15, 0.2) is 29.8 Å². The smallest absolute Gasteiger partial charge is 0.248 e. The fourth-order valence-corrected chi connectivity index (χ4v) is 1.03. The molecule has 1 amide bonds. The van der Waals surface area contributed by atoms with Gasteiger partial charge in [0.05, 0.1) is 0 Å². The molecule has 80 valence electrons. The summed E-state index contributed by atoms with van der Waals surface area (Å²) in [6.07, 6.45) is 1.41. The molecule has 0 aliphatic heterocycles. The molecule has 0 aliphatic rings. The Labute approximate surface area is 87.2 Å². The van der Waals surface area contributed by atoms with Gasteiger partial charge < -0.3 is 10.4 Å². The molecule has 0 saturated heterocycles. The highest BCUT2D eigenvalue weighted by Crippen LogP contribution is 2.19. The molecule has 15 heavy (non-hydrogen) atoms. The summed E-state index contributed by atoms with van der Waals surface area (Å²) in [6.45, 7) is 3.58. The number of nitrogens with one attached hydrogen (secondary N) is 1. The fourth-order valence-electron chi connectivity index (χ4n) is 1.03. The van der Waals surface area contributed by atoms with Gasteiger partial charge in [-0.3, -0.25) is 4.79 Å². The number of rotatable bonds is 2. The molecule has 4 heteroatoms. The molecule has 0 heterocycles. The third-order valence-corrected chi connectivity index (χ3v) is 1.63. The first kappa shape index (κ1) is 11.2. The summed E-state index contributed by atoms with van der Waals surface area (Å²) >= 11 is 0. The molecule has 0 radical (unpaired) electrons. The van der Waals surface area contributed by atoms with E-state index in [2.05, 4.69) is 5.32 Å². The summed E-state index contributed by atoms with van der Waals surface area (Å²) in [7, 11) is 0. The van der Waals surface area contributed by atoms with Crippen molar-refractivity contribution in [3.63, 3.8) is 0 Å². The third-order valence-electron chi connectivity index (χ3n) is 1.63. The van der Waals surface area contributed by atoms with Crippen LogP contribution in [0.3, 0.4) is 0 Å². The zero-order valence-electron chi connectivity index (χ0n) is 8.54. The molecular formula is C11H12FNO2. The van der Waals surface area contributed by atoms with Crippen LogP contribution in [0.25, 0.3) is 0 Å². The maximum Gasteiger partial charge on any atom is 0.248 e. The van der Waals surface area contributed by atoms with Crippen LogP contribution in [0, 0.1) is 5.82 Å². The van der Waals surface area contributed by atoms with Gasteiger partial charge >= 0.3 is 0 Å². The molecule has 1 aromatic carbocycles. The van der Waals surface area contributed by atoms with Crippen molar-refractivity contribution in [2.24, 2.45) is 0 Å². The fraction of sp³-hybridized carbons (Fsp3) is 0.182. The van der Waals surface area contributed by atoms with Gasteiger partial charge in [-0.1, -0.05) is 5.57 Å². The highest BCUT2D eigenvalue weighted by molar-refractivity contribution is 5.99. The predicted molar refractivity (Wildman–Crippen MR) is 56.1 cm³/mol. The van der Waals surface area contributed by atoms with Gasteiger partial charge in [-0.25, -0.2) is 4.39 Å². The Morgan fingerprint density at radius 1 is 1.47 bits per heavy atom. The summed E-state index contributed by atoms with van der Waals surface area (Å²) in [6, 6.07) is 3.68. The summed E-state index contributed by atoms with van der Waals surface area (Å²) in [4.78, 5) is 11.2. The molecule has 1 rings (SSSR count). The van der Waals surface area contributed by atoms with Crippen molar-refractivity contribution in [1.82, 2.24) is 0 Å². The van der Waals surface area contributed by atoms with Gasteiger partial charge in [0.2, 0.25) is 5.91 Å². The lowest BCUT2D eigenvalue weighted by atomic mass is 10.2. The number of phenols is 1. The number of aromatic hydroxyl groups is 1. The Morgan fingerprint density at radius 2 is 2.13 bits per heavy atom. The van der Waals surface area contributed by atoms with Crippen LogP contribution in [-0.4, -0.2) is 11.0 Å². The number of amides is 1. The first-order valence-electron chi connectivity index (χ1n) is 4.43. The Morgan fingerprint density at radius 3 is 2.67 bits per heavy atom. The van der Waals surface area contributed by atoms with Crippen LogP contribution in [-0.2, 0) is 4.79 Å². The van der Waals surface area contributed by atoms with Crippen molar-refractivity contribution < 1.29 is 14.3 Å². The van der Waals surface area contributed by atoms with Crippen molar-refractivity contribution >= 4 is 11.6 Å². The SMILES string of the molecule is CC(C)=CC(=O)Nc1ccc(O)c(F)c1. The first-order chi connectivity index (χ1) is 6.99. The van der Waals surface area contributed by atoms with E-state index < -0.39 is 11.6 Å². The van der Waals surface area contributed by atoms with Gasteiger partial charge in [0.15, 0.2) is 11.6 Å². The van der Waals surface area contributed by atoms with Crippen molar-refractivity contribution in [1.29, 1.82) is 0 Å². The number of carbonyl (C=O) groups excluding carboxylic acids is 1. The lowest BCUT2D eigenvalue weighted by Crippen LogP contribution is -2.08. The number of hydrogen-bond donors (Lipinski definition) is 2. The zero-order chi connectivity index (χ0) is 11.4. The lowest BCUT2D eigenvalue weighted by Gasteiger charge is -2.03. The largest absolute Gasteiger partial charge is 0.505 e. The number of benzene rings is 1. The van der Waals surface area contributed by atoms with Crippen LogP contribution >= 0.6 is 0 Å². The average Bonchev–Trinajstić information content (AvgIpc) is 2.10. The van der Waals surface area contributed by atoms with Crippen LogP contribution in [0.1, 0.15) is 13.8 Å². The number of anilines is 1. The third kappa shape index (κ3) is 3.42. The minimum absolute atomic E-state index is 0.313. The molecule has 0 atom stereocenters. The first-order valence-corrected chi connectivity index (χ1v) is 4.43. The maximum atomic E-state index is 12.9. The molecule has 0 aliphatic carbocycles. The minimum Gasteiger partial charge on any atom is -0.505 e. The topological polar surface area (TPSA) is 49.3 Å². The molecule has 1 aromatic rings. The van der Waals surface area contributed by atoms with Crippen molar-refractivity contribution in [3.8, 4) is 5.75 Å². The molecule has 0 aromatic heterocycles. The second-order valence-electron chi connectivity index (χ2n) is 3.38. The molecule has 0 fully saturated rings. The monoisotopic (exact) mass is 209 g/mol. The van der Waals surface area contributed by atoms with Crippen molar-refractivity contribution in [2.75, 3.05) is 5.32 Å². The van der Waals surface area contributed by atoms with E-state index in [9.17, 15) is 9.18 Å². The van der Waals surface area contributed by atoms with Gasteiger partial charge in [-0.15, -0.1) is 0 Å². The highest BCUT2D eigenvalue weighted by atomic mass is 19.1. The molecule has 0 saturated carbocycles. The van der Waals surface area contributed by atoms with Gasteiger partial charge in [0.25, 0.3) is 0 Å². The second-order valence-corrected chi connectivity index (χ2v) is 3.38. The molecule has 0 unspecified atom stereocenters. The van der Waals surface area contributed by atoms with Gasteiger partial charge in [-0.2, -0.15) is 0 Å². The molecule has 0 bridgehead atoms. The van der Waals surface area contributed by atoms with E-state index in [0.29, 0.717) is 5.69 Å². The second kappa shape index (κ2) is 4.59. The van der Waals surface area contributed by atoms with Crippen LogP contribution in [0.5, 0.6) is 5.75 Å². The standard InChI is InChI=1S/C11H12FNO2/c1-7(2)5-11(15)13-8-3-4-10(14)9(12)6-8/h3-6,14H,1-2H3,(H,13,15). The van der Waals surface area contributed by atoms with Gasteiger partial charge in [-0.05, 0) is 26.0 Å². The number of allylic oxidation sites excluding steroid dienone is 1.